The lowest BCUT2D eigenvalue weighted by molar-refractivity contribution is 0.186. The number of aliphatic hydroxyl groups excluding tert-OH is 1. The third-order valence-corrected chi connectivity index (χ3v) is 2.92. The van der Waals surface area contributed by atoms with Crippen molar-refractivity contribution in [3.63, 3.8) is 0 Å². The highest BCUT2D eigenvalue weighted by Gasteiger charge is 2.10. The molecule has 0 aliphatic carbocycles. The van der Waals surface area contributed by atoms with Crippen LogP contribution in [0.3, 0.4) is 0 Å². The number of aryl methyl sites for hydroxylation is 1. The molecule has 1 aromatic carbocycles. The predicted octanol–water partition coefficient (Wildman–Crippen LogP) is 3.86. The zero-order valence-corrected chi connectivity index (χ0v) is 11.4. The Hall–Kier alpha value is -1.02. The van der Waals surface area contributed by atoms with E-state index in [1.807, 2.05) is 25.1 Å². The number of benzene rings is 1. The Balaban J connectivity index is 2.71. The Kier molecular flexibility index (Phi) is 5.49. The monoisotopic (exact) mass is 236 g/mol. The summed E-state index contributed by atoms with van der Waals surface area (Å²) < 4.78 is 5.83. The topological polar surface area (TPSA) is 29.5 Å². The van der Waals surface area contributed by atoms with E-state index in [9.17, 15) is 5.11 Å². The van der Waals surface area contributed by atoms with Crippen LogP contribution in [0.5, 0.6) is 5.75 Å². The molecule has 0 radical (unpaired) electrons. The van der Waals surface area contributed by atoms with Crippen LogP contribution >= 0.6 is 0 Å². The molecular weight excluding hydrogens is 212 g/mol. The summed E-state index contributed by atoms with van der Waals surface area (Å²) in [6, 6.07) is 5.95. The van der Waals surface area contributed by atoms with Crippen LogP contribution < -0.4 is 4.74 Å². The van der Waals surface area contributed by atoms with E-state index in [1.165, 1.54) is 12.8 Å². The van der Waals surface area contributed by atoms with Gasteiger partial charge >= 0.3 is 0 Å². The maximum Gasteiger partial charge on any atom is 0.125 e. The summed E-state index contributed by atoms with van der Waals surface area (Å²) in [7, 11) is 0. The molecule has 1 N–H and O–H groups in total. The van der Waals surface area contributed by atoms with E-state index in [1.54, 1.807) is 6.92 Å². The van der Waals surface area contributed by atoms with Crippen LogP contribution in [-0.4, -0.2) is 11.7 Å². The van der Waals surface area contributed by atoms with Crippen LogP contribution in [0.15, 0.2) is 18.2 Å². The highest BCUT2D eigenvalue weighted by molar-refractivity contribution is 5.38. The van der Waals surface area contributed by atoms with Crippen molar-refractivity contribution in [2.75, 3.05) is 6.61 Å². The third kappa shape index (κ3) is 4.39. The van der Waals surface area contributed by atoms with E-state index < -0.39 is 6.10 Å². The van der Waals surface area contributed by atoms with Gasteiger partial charge < -0.3 is 9.84 Å². The first-order chi connectivity index (χ1) is 8.04. The van der Waals surface area contributed by atoms with Crippen LogP contribution in [0.25, 0.3) is 0 Å². The summed E-state index contributed by atoms with van der Waals surface area (Å²) in [4.78, 5) is 0. The van der Waals surface area contributed by atoms with Crippen LogP contribution in [0.1, 0.15) is 50.8 Å². The minimum atomic E-state index is -0.480. The largest absolute Gasteiger partial charge is 0.493 e. The van der Waals surface area contributed by atoms with Gasteiger partial charge in [-0.15, -0.1) is 0 Å². The first-order valence-electron chi connectivity index (χ1n) is 6.46. The quantitative estimate of drug-likeness (QED) is 0.812. The lowest BCUT2D eigenvalue weighted by atomic mass is 10.1. The smallest absolute Gasteiger partial charge is 0.125 e. The summed E-state index contributed by atoms with van der Waals surface area (Å²) in [5.41, 5.74) is 2.03. The van der Waals surface area contributed by atoms with Gasteiger partial charge in [0, 0.05) is 5.56 Å². The fourth-order valence-electron chi connectivity index (χ4n) is 1.92. The van der Waals surface area contributed by atoms with E-state index >= 15 is 0 Å². The van der Waals surface area contributed by atoms with Crippen LogP contribution in [0, 0.1) is 12.8 Å². The Morgan fingerprint density at radius 1 is 1.29 bits per heavy atom. The lowest BCUT2D eigenvalue weighted by Crippen LogP contribution is -2.10. The standard InChI is InChI=1S/C15H24O2/c1-5-6-12(3)10-17-15-9-11(2)7-8-14(15)13(4)16/h7-9,12-13,16H,5-6,10H2,1-4H3/t12?,13-/m0/s1. The first kappa shape index (κ1) is 14.0. The van der Waals surface area contributed by atoms with Crippen molar-refractivity contribution in [1.82, 2.24) is 0 Å². The summed E-state index contributed by atoms with van der Waals surface area (Å²) in [6.07, 6.45) is 1.88. The van der Waals surface area contributed by atoms with Crippen molar-refractivity contribution in [2.24, 2.45) is 5.92 Å². The Bertz CT molecular complexity index is 345. The molecule has 0 saturated carbocycles. The fourth-order valence-corrected chi connectivity index (χ4v) is 1.92. The molecule has 1 unspecified atom stereocenters. The SMILES string of the molecule is CCCC(C)COc1cc(C)ccc1[C@H](C)O. The van der Waals surface area contributed by atoms with Gasteiger partial charge in [0.2, 0.25) is 0 Å². The normalized spacial score (nSPS) is 14.4. The van der Waals surface area contributed by atoms with Crippen LogP contribution in [0.2, 0.25) is 0 Å². The molecule has 96 valence electrons. The highest BCUT2D eigenvalue weighted by atomic mass is 16.5. The molecule has 17 heavy (non-hydrogen) atoms. The molecule has 2 atom stereocenters. The van der Waals surface area contributed by atoms with E-state index in [0.717, 1.165) is 23.5 Å². The molecule has 1 aromatic rings. The zero-order valence-electron chi connectivity index (χ0n) is 11.4. The van der Waals surface area contributed by atoms with E-state index in [2.05, 4.69) is 13.8 Å². The number of rotatable bonds is 6. The maximum absolute atomic E-state index is 9.68. The molecule has 0 aliphatic rings. The average molecular weight is 236 g/mol. The van der Waals surface area contributed by atoms with Gasteiger partial charge in [-0.05, 0) is 37.8 Å². The summed E-state index contributed by atoms with van der Waals surface area (Å²) in [5, 5.41) is 9.68. The van der Waals surface area contributed by atoms with Crippen molar-refractivity contribution < 1.29 is 9.84 Å². The van der Waals surface area contributed by atoms with Crippen molar-refractivity contribution in [3.8, 4) is 5.75 Å². The molecule has 0 aromatic heterocycles. The molecule has 0 spiro atoms. The Morgan fingerprint density at radius 3 is 2.59 bits per heavy atom. The van der Waals surface area contributed by atoms with Crippen LogP contribution in [-0.2, 0) is 0 Å². The molecule has 2 nitrogen and oxygen atoms in total. The lowest BCUT2D eigenvalue weighted by Gasteiger charge is -2.17. The van der Waals surface area contributed by atoms with E-state index in [4.69, 9.17) is 4.74 Å². The molecule has 0 amide bonds. The Labute approximate surface area is 105 Å². The summed E-state index contributed by atoms with van der Waals surface area (Å²) in [6.45, 7) is 8.91. The van der Waals surface area contributed by atoms with Gasteiger partial charge in [-0.3, -0.25) is 0 Å². The molecular formula is C15H24O2. The number of ether oxygens (including phenoxy) is 1. The number of aliphatic hydroxyl groups is 1. The minimum Gasteiger partial charge on any atom is -0.493 e. The summed E-state index contributed by atoms with van der Waals surface area (Å²) >= 11 is 0. The van der Waals surface area contributed by atoms with Gasteiger partial charge in [0.1, 0.15) is 5.75 Å². The number of hydrogen-bond acceptors (Lipinski definition) is 2. The van der Waals surface area contributed by atoms with E-state index in [0.29, 0.717) is 5.92 Å². The first-order valence-corrected chi connectivity index (χ1v) is 6.46. The third-order valence-electron chi connectivity index (χ3n) is 2.92. The summed E-state index contributed by atoms with van der Waals surface area (Å²) in [5.74, 6) is 1.38. The van der Waals surface area contributed by atoms with Crippen molar-refractivity contribution in [3.05, 3.63) is 29.3 Å². The number of hydrogen-bond donors (Lipinski definition) is 1. The Morgan fingerprint density at radius 2 is 2.00 bits per heavy atom. The average Bonchev–Trinajstić information content (AvgIpc) is 2.26. The molecule has 0 heterocycles. The second kappa shape index (κ2) is 6.65. The van der Waals surface area contributed by atoms with Gasteiger partial charge in [-0.2, -0.15) is 0 Å². The highest BCUT2D eigenvalue weighted by Crippen LogP contribution is 2.26. The van der Waals surface area contributed by atoms with Crippen LogP contribution in [0.4, 0.5) is 0 Å². The second-order valence-electron chi connectivity index (χ2n) is 4.92. The molecule has 0 saturated heterocycles. The minimum absolute atomic E-state index is 0.480. The van der Waals surface area contributed by atoms with Crippen molar-refractivity contribution >= 4 is 0 Å². The fraction of sp³-hybridized carbons (Fsp3) is 0.600. The molecule has 0 bridgehead atoms. The van der Waals surface area contributed by atoms with Gasteiger partial charge in [0.15, 0.2) is 0 Å². The predicted molar refractivity (Wildman–Crippen MR) is 71.4 cm³/mol. The molecule has 0 aliphatic heterocycles. The van der Waals surface area contributed by atoms with E-state index in [-0.39, 0.29) is 0 Å². The zero-order chi connectivity index (χ0) is 12.8. The molecule has 1 rings (SSSR count). The van der Waals surface area contributed by atoms with Gasteiger partial charge in [-0.1, -0.05) is 32.4 Å². The van der Waals surface area contributed by atoms with Gasteiger partial charge in [0.05, 0.1) is 12.7 Å². The second-order valence-corrected chi connectivity index (χ2v) is 4.92. The van der Waals surface area contributed by atoms with Gasteiger partial charge in [-0.25, -0.2) is 0 Å². The van der Waals surface area contributed by atoms with Gasteiger partial charge in [0.25, 0.3) is 0 Å². The molecule has 0 fully saturated rings. The van der Waals surface area contributed by atoms with Crippen molar-refractivity contribution in [1.29, 1.82) is 0 Å². The van der Waals surface area contributed by atoms with Crippen molar-refractivity contribution in [2.45, 2.75) is 46.6 Å². The maximum atomic E-state index is 9.68. The molecule has 2 heteroatoms.